The van der Waals surface area contributed by atoms with Gasteiger partial charge < -0.3 is 5.73 Å². The zero-order valence-corrected chi connectivity index (χ0v) is 8.21. The van der Waals surface area contributed by atoms with Crippen molar-refractivity contribution in [2.45, 2.75) is 0 Å². The van der Waals surface area contributed by atoms with Crippen LogP contribution in [0.15, 0.2) is 28.7 Å². The lowest BCUT2D eigenvalue weighted by atomic mass is 10.2. The van der Waals surface area contributed by atoms with Crippen molar-refractivity contribution in [2.24, 2.45) is 5.73 Å². The number of amides is 1. The molecular formula is C9H7BrFNO. The molecule has 0 saturated heterocycles. The number of primary amides is 1. The first-order valence-corrected chi connectivity index (χ1v) is 4.32. The fourth-order valence-corrected chi connectivity index (χ4v) is 1.22. The molecule has 4 heteroatoms. The van der Waals surface area contributed by atoms with Crippen LogP contribution in [0, 0.1) is 5.82 Å². The summed E-state index contributed by atoms with van der Waals surface area (Å²) >= 11 is 3.05. The first kappa shape index (κ1) is 9.92. The van der Waals surface area contributed by atoms with E-state index in [-0.39, 0.29) is 5.82 Å². The topological polar surface area (TPSA) is 43.1 Å². The number of carbonyl (C=O) groups is 1. The third-order valence-electron chi connectivity index (χ3n) is 1.41. The summed E-state index contributed by atoms with van der Waals surface area (Å²) in [5.74, 6) is -0.928. The maximum atomic E-state index is 12.9. The van der Waals surface area contributed by atoms with Gasteiger partial charge in [0.1, 0.15) is 5.82 Å². The second-order valence-electron chi connectivity index (χ2n) is 2.38. The van der Waals surface area contributed by atoms with Gasteiger partial charge in [-0.25, -0.2) is 4.39 Å². The molecule has 13 heavy (non-hydrogen) atoms. The summed E-state index contributed by atoms with van der Waals surface area (Å²) < 4.78 is 13.2. The molecule has 2 N–H and O–H groups in total. The summed E-state index contributed by atoms with van der Waals surface area (Å²) in [7, 11) is 0. The minimum atomic E-state index is -0.559. The summed E-state index contributed by atoms with van der Waals surface area (Å²) in [4.78, 5) is 10.4. The third-order valence-corrected chi connectivity index (χ3v) is 2.25. The van der Waals surface area contributed by atoms with Gasteiger partial charge in [-0.1, -0.05) is 12.1 Å². The Morgan fingerprint density at radius 2 is 2.23 bits per heavy atom. The van der Waals surface area contributed by atoms with Gasteiger partial charge in [-0.05, 0) is 33.6 Å². The molecule has 0 fully saturated rings. The Morgan fingerprint density at radius 3 is 2.85 bits per heavy atom. The molecule has 1 amide bonds. The highest BCUT2D eigenvalue weighted by Gasteiger charge is 2.01. The molecule has 0 radical (unpaired) electrons. The molecule has 0 aliphatic heterocycles. The summed E-state index contributed by atoms with van der Waals surface area (Å²) in [5.41, 5.74) is 5.48. The molecule has 0 heterocycles. The van der Waals surface area contributed by atoms with Crippen LogP contribution in [-0.4, -0.2) is 5.91 Å². The van der Waals surface area contributed by atoms with E-state index in [1.165, 1.54) is 18.2 Å². The molecule has 2 nitrogen and oxygen atoms in total. The van der Waals surface area contributed by atoms with Crippen LogP contribution in [0.2, 0.25) is 0 Å². The maximum Gasteiger partial charge on any atom is 0.241 e. The predicted octanol–water partition coefficient (Wildman–Crippen LogP) is 2.09. The highest BCUT2D eigenvalue weighted by Crippen LogP contribution is 2.21. The number of carbonyl (C=O) groups excluding carboxylic acids is 1. The van der Waals surface area contributed by atoms with E-state index < -0.39 is 5.91 Å². The molecule has 1 rings (SSSR count). The summed E-state index contributed by atoms with van der Waals surface area (Å²) in [6.45, 7) is 0. The third kappa shape index (κ3) is 2.66. The Kier molecular flexibility index (Phi) is 3.19. The van der Waals surface area contributed by atoms with Gasteiger partial charge in [0, 0.05) is 6.08 Å². The minimum Gasteiger partial charge on any atom is -0.366 e. The van der Waals surface area contributed by atoms with Crippen LogP contribution in [0.25, 0.3) is 6.08 Å². The van der Waals surface area contributed by atoms with Gasteiger partial charge in [-0.2, -0.15) is 0 Å². The van der Waals surface area contributed by atoms with Crippen LogP contribution in [0.5, 0.6) is 0 Å². The maximum absolute atomic E-state index is 12.9. The number of hydrogen-bond donors (Lipinski definition) is 1. The summed E-state index contributed by atoms with van der Waals surface area (Å²) in [5, 5.41) is 0. The van der Waals surface area contributed by atoms with Crippen molar-refractivity contribution in [3.05, 3.63) is 40.1 Å². The van der Waals surface area contributed by atoms with E-state index in [2.05, 4.69) is 15.9 Å². The molecule has 0 atom stereocenters. The van der Waals surface area contributed by atoms with Crippen LogP contribution in [0.3, 0.4) is 0 Å². The number of halogens is 2. The SMILES string of the molecule is NC(=O)C=Cc1cccc(F)c1Br. The largest absolute Gasteiger partial charge is 0.366 e. The zero-order valence-electron chi connectivity index (χ0n) is 6.63. The van der Waals surface area contributed by atoms with Gasteiger partial charge in [0.15, 0.2) is 0 Å². The summed E-state index contributed by atoms with van der Waals surface area (Å²) in [6, 6.07) is 4.55. The van der Waals surface area contributed by atoms with Gasteiger partial charge in [0.2, 0.25) is 5.91 Å². The van der Waals surface area contributed by atoms with E-state index in [9.17, 15) is 9.18 Å². The van der Waals surface area contributed by atoms with Crippen molar-refractivity contribution < 1.29 is 9.18 Å². The van der Waals surface area contributed by atoms with Crippen molar-refractivity contribution in [1.29, 1.82) is 0 Å². The van der Waals surface area contributed by atoms with Crippen molar-refractivity contribution in [3.8, 4) is 0 Å². The van der Waals surface area contributed by atoms with Crippen molar-refractivity contribution in [2.75, 3.05) is 0 Å². The number of hydrogen-bond acceptors (Lipinski definition) is 1. The first-order valence-electron chi connectivity index (χ1n) is 3.53. The van der Waals surface area contributed by atoms with E-state index in [4.69, 9.17) is 5.73 Å². The smallest absolute Gasteiger partial charge is 0.241 e. The van der Waals surface area contributed by atoms with E-state index >= 15 is 0 Å². The lowest BCUT2D eigenvalue weighted by Crippen LogP contribution is -2.05. The average molecular weight is 244 g/mol. The first-order chi connectivity index (χ1) is 6.11. The van der Waals surface area contributed by atoms with Gasteiger partial charge in [-0.3, -0.25) is 4.79 Å². The molecule has 0 unspecified atom stereocenters. The van der Waals surface area contributed by atoms with E-state index in [0.29, 0.717) is 10.0 Å². The molecule has 0 bridgehead atoms. The monoisotopic (exact) mass is 243 g/mol. The number of benzene rings is 1. The highest BCUT2D eigenvalue weighted by atomic mass is 79.9. The molecular weight excluding hydrogens is 237 g/mol. The molecule has 0 aliphatic carbocycles. The van der Waals surface area contributed by atoms with E-state index in [0.717, 1.165) is 0 Å². The quantitative estimate of drug-likeness (QED) is 0.795. The fourth-order valence-electron chi connectivity index (χ4n) is 0.821. The van der Waals surface area contributed by atoms with Crippen LogP contribution in [0.1, 0.15) is 5.56 Å². The van der Waals surface area contributed by atoms with E-state index in [1.54, 1.807) is 12.1 Å². The second kappa shape index (κ2) is 4.18. The Hall–Kier alpha value is -1.16. The molecule has 1 aromatic rings. The van der Waals surface area contributed by atoms with Crippen molar-refractivity contribution in [3.63, 3.8) is 0 Å². The second-order valence-corrected chi connectivity index (χ2v) is 3.17. The van der Waals surface area contributed by atoms with Crippen LogP contribution < -0.4 is 5.73 Å². The van der Waals surface area contributed by atoms with Crippen LogP contribution in [0.4, 0.5) is 4.39 Å². The number of nitrogens with two attached hydrogens (primary N) is 1. The van der Waals surface area contributed by atoms with Crippen LogP contribution in [-0.2, 0) is 4.79 Å². The standard InChI is InChI=1S/C9H7BrFNO/c10-9-6(4-5-8(12)13)2-1-3-7(9)11/h1-5H,(H2,12,13). The Balaban J connectivity index is 3.02. The molecule has 0 saturated carbocycles. The molecule has 0 aliphatic rings. The van der Waals surface area contributed by atoms with Crippen molar-refractivity contribution in [1.82, 2.24) is 0 Å². The van der Waals surface area contributed by atoms with Gasteiger partial charge in [0.05, 0.1) is 4.47 Å². The van der Waals surface area contributed by atoms with E-state index in [1.807, 2.05) is 0 Å². The lowest BCUT2D eigenvalue weighted by molar-refractivity contribution is -0.113. The molecule has 0 aromatic heterocycles. The number of rotatable bonds is 2. The van der Waals surface area contributed by atoms with Gasteiger partial charge >= 0.3 is 0 Å². The lowest BCUT2D eigenvalue weighted by Gasteiger charge is -1.98. The van der Waals surface area contributed by atoms with Crippen molar-refractivity contribution >= 4 is 27.9 Å². The Bertz CT molecular complexity index is 363. The predicted molar refractivity (Wildman–Crippen MR) is 52.3 cm³/mol. The zero-order chi connectivity index (χ0) is 9.84. The Morgan fingerprint density at radius 1 is 1.54 bits per heavy atom. The van der Waals surface area contributed by atoms with Crippen LogP contribution >= 0.6 is 15.9 Å². The molecule has 68 valence electrons. The molecule has 1 aromatic carbocycles. The summed E-state index contributed by atoms with van der Waals surface area (Å²) in [6.07, 6.45) is 2.63. The minimum absolute atomic E-state index is 0.326. The van der Waals surface area contributed by atoms with Gasteiger partial charge in [0.25, 0.3) is 0 Å². The highest BCUT2D eigenvalue weighted by molar-refractivity contribution is 9.10. The average Bonchev–Trinajstić information content (AvgIpc) is 2.07. The molecule has 0 spiro atoms. The Labute approximate surface area is 83.4 Å². The normalized spacial score (nSPS) is 10.6. The fraction of sp³-hybridized carbons (Fsp3) is 0. The van der Waals surface area contributed by atoms with Gasteiger partial charge in [-0.15, -0.1) is 0 Å².